The first-order valence-corrected chi connectivity index (χ1v) is 5.52. The molecule has 1 N–H and O–H groups in total. The largest absolute Gasteiger partial charge is 0.320 e. The van der Waals surface area contributed by atoms with Gasteiger partial charge in [-0.1, -0.05) is 17.7 Å². The maximum Gasteiger partial charge on any atom is 0.146 e. The molecule has 0 aliphatic rings. The molecule has 1 aromatic carbocycles. The number of aryl methyl sites for hydroxylation is 1. The summed E-state index contributed by atoms with van der Waals surface area (Å²) in [6, 6.07) is 4.67. The predicted molar refractivity (Wildman–Crippen MR) is 63.0 cm³/mol. The fourth-order valence-electron chi connectivity index (χ4n) is 1.44. The molecule has 0 unspecified atom stereocenters. The number of benzene rings is 1. The zero-order chi connectivity index (χ0) is 12.3. The van der Waals surface area contributed by atoms with Gasteiger partial charge in [0.05, 0.1) is 11.6 Å². The lowest BCUT2D eigenvalue weighted by molar-refractivity contribution is 0.620. The molecule has 0 radical (unpaired) electrons. The molecule has 0 saturated carbocycles. The Morgan fingerprint density at radius 2 is 2.24 bits per heavy atom. The van der Waals surface area contributed by atoms with E-state index in [1.807, 2.05) is 11.6 Å². The number of aromatic nitrogens is 3. The van der Waals surface area contributed by atoms with Crippen molar-refractivity contribution in [3.8, 4) is 0 Å². The number of nitrogens with one attached hydrogen (secondary N) is 1. The molecule has 1 aromatic heterocycles. The van der Waals surface area contributed by atoms with E-state index in [4.69, 9.17) is 11.6 Å². The summed E-state index contributed by atoms with van der Waals surface area (Å²) in [5.41, 5.74) is 0.929. The molecule has 0 saturated heterocycles. The highest BCUT2D eigenvalue weighted by Crippen LogP contribution is 2.15. The Morgan fingerprint density at radius 1 is 1.41 bits per heavy atom. The standard InChI is InChI=1S/C11H12ClFN4/c1-17-7-15-16-11(17)6-14-5-8-2-3-10(13)9(12)4-8/h2-4,7,14H,5-6H2,1H3. The number of hydrogen-bond donors (Lipinski definition) is 1. The fraction of sp³-hybridized carbons (Fsp3) is 0.273. The normalized spacial score (nSPS) is 10.8. The zero-order valence-corrected chi connectivity index (χ0v) is 10.1. The monoisotopic (exact) mass is 254 g/mol. The van der Waals surface area contributed by atoms with Crippen molar-refractivity contribution in [2.24, 2.45) is 7.05 Å². The van der Waals surface area contributed by atoms with Gasteiger partial charge in [-0.2, -0.15) is 0 Å². The summed E-state index contributed by atoms with van der Waals surface area (Å²) in [6.07, 6.45) is 1.64. The van der Waals surface area contributed by atoms with E-state index in [-0.39, 0.29) is 5.02 Å². The topological polar surface area (TPSA) is 42.7 Å². The highest BCUT2D eigenvalue weighted by atomic mass is 35.5. The van der Waals surface area contributed by atoms with Gasteiger partial charge in [0.1, 0.15) is 18.0 Å². The van der Waals surface area contributed by atoms with Crippen molar-refractivity contribution in [3.05, 3.63) is 46.8 Å². The van der Waals surface area contributed by atoms with Crippen molar-refractivity contribution < 1.29 is 4.39 Å². The van der Waals surface area contributed by atoms with Crippen LogP contribution in [0.4, 0.5) is 4.39 Å². The van der Waals surface area contributed by atoms with Crippen LogP contribution in [0.25, 0.3) is 0 Å². The second-order valence-corrected chi connectivity index (χ2v) is 4.12. The maximum atomic E-state index is 12.9. The second-order valence-electron chi connectivity index (χ2n) is 3.71. The van der Waals surface area contributed by atoms with E-state index in [2.05, 4.69) is 15.5 Å². The van der Waals surface area contributed by atoms with E-state index >= 15 is 0 Å². The van der Waals surface area contributed by atoms with Crippen LogP contribution in [0.15, 0.2) is 24.5 Å². The van der Waals surface area contributed by atoms with Gasteiger partial charge in [-0.05, 0) is 17.7 Å². The highest BCUT2D eigenvalue weighted by Gasteiger charge is 2.02. The van der Waals surface area contributed by atoms with Crippen LogP contribution < -0.4 is 5.32 Å². The van der Waals surface area contributed by atoms with E-state index in [1.165, 1.54) is 6.07 Å². The van der Waals surface area contributed by atoms with Crippen LogP contribution in [0, 0.1) is 5.82 Å². The molecule has 17 heavy (non-hydrogen) atoms. The lowest BCUT2D eigenvalue weighted by Gasteiger charge is -2.05. The van der Waals surface area contributed by atoms with E-state index < -0.39 is 5.82 Å². The molecule has 4 nitrogen and oxygen atoms in total. The van der Waals surface area contributed by atoms with E-state index in [0.29, 0.717) is 13.1 Å². The first-order chi connectivity index (χ1) is 8.16. The summed E-state index contributed by atoms with van der Waals surface area (Å²) in [5, 5.41) is 11.0. The molecule has 0 fully saturated rings. The first kappa shape index (κ1) is 12.0. The van der Waals surface area contributed by atoms with Crippen LogP contribution >= 0.6 is 11.6 Å². The third-order valence-electron chi connectivity index (χ3n) is 2.40. The third-order valence-corrected chi connectivity index (χ3v) is 2.69. The highest BCUT2D eigenvalue weighted by molar-refractivity contribution is 6.30. The van der Waals surface area contributed by atoms with Crippen LogP contribution in [-0.2, 0) is 20.1 Å². The van der Waals surface area contributed by atoms with Crippen molar-refractivity contribution in [3.63, 3.8) is 0 Å². The lowest BCUT2D eigenvalue weighted by atomic mass is 10.2. The summed E-state index contributed by atoms with van der Waals surface area (Å²) < 4.78 is 14.8. The van der Waals surface area contributed by atoms with Crippen LogP contribution in [0.5, 0.6) is 0 Å². The van der Waals surface area contributed by atoms with Crippen LogP contribution in [0.2, 0.25) is 5.02 Å². The molecular formula is C11H12ClFN4. The fourth-order valence-corrected chi connectivity index (χ4v) is 1.64. The minimum absolute atomic E-state index is 0.142. The summed E-state index contributed by atoms with van der Waals surface area (Å²) in [6.45, 7) is 1.21. The molecule has 0 bridgehead atoms. The minimum atomic E-state index is -0.399. The van der Waals surface area contributed by atoms with Crippen LogP contribution in [0.1, 0.15) is 11.4 Å². The van der Waals surface area contributed by atoms with Gasteiger partial charge in [-0.15, -0.1) is 10.2 Å². The van der Waals surface area contributed by atoms with E-state index in [0.717, 1.165) is 11.4 Å². The summed E-state index contributed by atoms with van der Waals surface area (Å²) >= 11 is 5.69. The van der Waals surface area contributed by atoms with Gasteiger partial charge in [0.2, 0.25) is 0 Å². The van der Waals surface area contributed by atoms with Gasteiger partial charge in [0.25, 0.3) is 0 Å². The summed E-state index contributed by atoms with van der Waals surface area (Å²) in [4.78, 5) is 0. The van der Waals surface area contributed by atoms with E-state index in [1.54, 1.807) is 18.5 Å². The van der Waals surface area contributed by atoms with Crippen molar-refractivity contribution >= 4 is 11.6 Å². The Kier molecular flexibility index (Phi) is 3.71. The SMILES string of the molecule is Cn1cnnc1CNCc1ccc(F)c(Cl)c1. The molecular weight excluding hydrogens is 243 g/mol. The zero-order valence-electron chi connectivity index (χ0n) is 9.32. The van der Waals surface area contributed by atoms with Gasteiger partial charge in [0, 0.05) is 13.6 Å². The van der Waals surface area contributed by atoms with Gasteiger partial charge in [-0.3, -0.25) is 0 Å². The molecule has 0 spiro atoms. The van der Waals surface area contributed by atoms with Gasteiger partial charge < -0.3 is 9.88 Å². The molecule has 0 aliphatic heterocycles. The van der Waals surface area contributed by atoms with Crippen molar-refractivity contribution in [2.45, 2.75) is 13.1 Å². The van der Waals surface area contributed by atoms with Crippen LogP contribution in [0.3, 0.4) is 0 Å². The van der Waals surface area contributed by atoms with E-state index in [9.17, 15) is 4.39 Å². The predicted octanol–water partition coefficient (Wildman–Crippen LogP) is 1.90. The average Bonchev–Trinajstić information content (AvgIpc) is 2.70. The Bertz CT molecular complexity index is 512. The van der Waals surface area contributed by atoms with Gasteiger partial charge >= 0.3 is 0 Å². The number of rotatable bonds is 4. The summed E-state index contributed by atoms with van der Waals surface area (Å²) in [7, 11) is 1.88. The Labute approximate surface area is 103 Å². The third kappa shape index (κ3) is 3.01. The quantitative estimate of drug-likeness (QED) is 0.906. The number of hydrogen-bond acceptors (Lipinski definition) is 3. The second kappa shape index (κ2) is 5.25. The Hall–Kier alpha value is -1.46. The molecule has 0 aliphatic carbocycles. The molecule has 2 aromatic rings. The molecule has 90 valence electrons. The Morgan fingerprint density at radius 3 is 2.88 bits per heavy atom. The van der Waals surface area contributed by atoms with Crippen molar-refractivity contribution in [2.75, 3.05) is 0 Å². The number of halogens is 2. The Balaban J connectivity index is 1.90. The van der Waals surface area contributed by atoms with Gasteiger partial charge in [-0.25, -0.2) is 4.39 Å². The average molecular weight is 255 g/mol. The molecule has 0 amide bonds. The molecule has 6 heteroatoms. The maximum absolute atomic E-state index is 12.9. The van der Waals surface area contributed by atoms with Crippen molar-refractivity contribution in [1.82, 2.24) is 20.1 Å². The van der Waals surface area contributed by atoms with Crippen molar-refractivity contribution in [1.29, 1.82) is 0 Å². The van der Waals surface area contributed by atoms with Crippen LogP contribution in [-0.4, -0.2) is 14.8 Å². The lowest BCUT2D eigenvalue weighted by Crippen LogP contribution is -2.15. The number of nitrogens with zero attached hydrogens (tertiary/aromatic N) is 3. The first-order valence-electron chi connectivity index (χ1n) is 5.14. The smallest absolute Gasteiger partial charge is 0.146 e. The molecule has 0 atom stereocenters. The van der Waals surface area contributed by atoms with Gasteiger partial charge in [0.15, 0.2) is 0 Å². The summed E-state index contributed by atoms with van der Waals surface area (Å²) in [5.74, 6) is 0.446. The minimum Gasteiger partial charge on any atom is -0.320 e. The molecule has 1 heterocycles. The molecule has 2 rings (SSSR count).